The monoisotopic (exact) mass is 583 g/mol. The van der Waals surface area contributed by atoms with E-state index in [2.05, 4.69) is 22.0 Å². The fourth-order valence-electron chi connectivity index (χ4n) is 3.97. The number of likely N-dealkylation sites (tertiary alicyclic amines) is 1. The summed E-state index contributed by atoms with van der Waals surface area (Å²) in [5.74, 6) is -4.31. The van der Waals surface area contributed by atoms with E-state index in [4.69, 9.17) is 29.0 Å². The minimum atomic E-state index is -5.08. The second-order valence-electron chi connectivity index (χ2n) is 8.80. The molecule has 0 aromatic carbocycles. The Balaban J connectivity index is 0.000000333. The molecule has 2 N–H and O–H groups in total. The number of carbonyl (C=O) groups is 3. The van der Waals surface area contributed by atoms with Gasteiger partial charge < -0.3 is 24.3 Å². The molecule has 2 atom stereocenters. The van der Waals surface area contributed by atoms with Gasteiger partial charge in [-0.1, -0.05) is 0 Å². The maximum absolute atomic E-state index is 12.7. The highest BCUT2D eigenvalue weighted by atomic mass is 19.4. The van der Waals surface area contributed by atoms with Gasteiger partial charge >= 0.3 is 24.3 Å². The van der Waals surface area contributed by atoms with Gasteiger partial charge in [0.15, 0.2) is 0 Å². The molecular weight excluding hydrogens is 556 g/mol. The molecular formula is C24H27F6N3O7. The molecule has 0 aliphatic carbocycles. The SMILES string of the molecule is Cc1occc1C(=O)N1CC[C@@H]2CN(Cc3ccncc3)CCO[C@@H]2C1.O=C(O)C(F)(F)F.O=C(O)C(F)(F)F. The first-order valence-corrected chi connectivity index (χ1v) is 11.8. The van der Waals surface area contributed by atoms with Gasteiger partial charge in [0, 0.05) is 51.0 Å². The molecule has 0 spiro atoms. The fraction of sp³-hybridized carbons (Fsp3) is 0.500. The summed E-state index contributed by atoms with van der Waals surface area (Å²) in [6.07, 6.45) is -3.82. The number of carboxylic acid groups (broad SMARTS) is 2. The third kappa shape index (κ3) is 10.1. The molecule has 4 heterocycles. The van der Waals surface area contributed by atoms with Crippen molar-refractivity contribution in [1.82, 2.24) is 14.8 Å². The molecule has 222 valence electrons. The van der Waals surface area contributed by atoms with E-state index in [0.29, 0.717) is 30.4 Å². The molecule has 10 nitrogen and oxygen atoms in total. The fourth-order valence-corrected chi connectivity index (χ4v) is 3.97. The van der Waals surface area contributed by atoms with Crippen molar-refractivity contribution in [2.45, 2.75) is 38.3 Å². The Morgan fingerprint density at radius 2 is 1.55 bits per heavy atom. The van der Waals surface area contributed by atoms with Crippen molar-refractivity contribution in [3.8, 4) is 0 Å². The number of amides is 1. The number of carboxylic acids is 2. The van der Waals surface area contributed by atoms with Crippen LogP contribution in [0.25, 0.3) is 0 Å². The van der Waals surface area contributed by atoms with Crippen LogP contribution in [0.15, 0.2) is 41.3 Å². The lowest BCUT2D eigenvalue weighted by Crippen LogP contribution is -2.49. The van der Waals surface area contributed by atoms with Crippen LogP contribution in [-0.4, -0.2) is 94.1 Å². The molecule has 40 heavy (non-hydrogen) atoms. The van der Waals surface area contributed by atoms with E-state index in [-0.39, 0.29) is 12.0 Å². The minimum Gasteiger partial charge on any atom is -0.475 e. The summed E-state index contributed by atoms with van der Waals surface area (Å²) in [6, 6.07) is 5.89. The molecule has 2 aromatic rings. The number of nitrogens with zero attached hydrogens (tertiary/aromatic N) is 3. The van der Waals surface area contributed by atoms with Gasteiger partial charge in [-0.25, -0.2) is 9.59 Å². The summed E-state index contributed by atoms with van der Waals surface area (Å²) in [7, 11) is 0. The summed E-state index contributed by atoms with van der Waals surface area (Å²) < 4.78 is 74.9. The molecule has 2 aliphatic rings. The van der Waals surface area contributed by atoms with Crippen LogP contribution >= 0.6 is 0 Å². The van der Waals surface area contributed by atoms with E-state index in [0.717, 1.165) is 32.6 Å². The lowest BCUT2D eigenvalue weighted by atomic mass is 9.92. The molecule has 0 saturated carbocycles. The number of alkyl halides is 6. The topological polar surface area (TPSA) is 133 Å². The van der Waals surface area contributed by atoms with Gasteiger partial charge in [-0.2, -0.15) is 26.3 Å². The van der Waals surface area contributed by atoms with Gasteiger partial charge in [0.05, 0.1) is 24.5 Å². The number of aryl methyl sites for hydroxylation is 1. The van der Waals surface area contributed by atoms with Gasteiger partial charge in [-0.3, -0.25) is 14.7 Å². The van der Waals surface area contributed by atoms with Gasteiger partial charge in [0.1, 0.15) is 5.76 Å². The van der Waals surface area contributed by atoms with E-state index in [9.17, 15) is 31.1 Å². The molecule has 2 fully saturated rings. The van der Waals surface area contributed by atoms with Crippen LogP contribution in [0.3, 0.4) is 0 Å². The number of ether oxygens (including phenoxy) is 1. The predicted molar refractivity (Wildman–Crippen MR) is 124 cm³/mol. The first-order chi connectivity index (χ1) is 18.6. The Labute approximate surface area is 224 Å². The second kappa shape index (κ2) is 14.1. The smallest absolute Gasteiger partial charge is 0.475 e. The van der Waals surface area contributed by atoms with Crippen molar-refractivity contribution in [3.63, 3.8) is 0 Å². The number of halogens is 6. The summed E-state index contributed by atoms with van der Waals surface area (Å²) in [5, 5.41) is 14.2. The number of piperidine rings is 1. The zero-order chi connectivity index (χ0) is 30.1. The minimum absolute atomic E-state index is 0.0520. The lowest BCUT2D eigenvalue weighted by molar-refractivity contribution is -0.193. The van der Waals surface area contributed by atoms with Gasteiger partial charge in [-0.05, 0) is 37.1 Å². The number of aliphatic carboxylic acids is 2. The maximum Gasteiger partial charge on any atom is 0.490 e. The zero-order valence-electron chi connectivity index (χ0n) is 21.1. The lowest BCUT2D eigenvalue weighted by Gasteiger charge is -2.38. The van der Waals surface area contributed by atoms with Crippen LogP contribution in [0, 0.1) is 12.8 Å². The van der Waals surface area contributed by atoms with E-state index in [1.807, 2.05) is 24.2 Å². The molecule has 2 saturated heterocycles. The first kappa shape index (κ1) is 32.6. The number of pyridine rings is 1. The third-order valence-corrected chi connectivity index (χ3v) is 5.95. The predicted octanol–water partition coefficient (Wildman–Crippen LogP) is 3.61. The summed E-state index contributed by atoms with van der Waals surface area (Å²) in [4.78, 5) is 39.0. The Morgan fingerprint density at radius 1 is 0.975 bits per heavy atom. The van der Waals surface area contributed by atoms with Gasteiger partial charge in [-0.15, -0.1) is 0 Å². The van der Waals surface area contributed by atoms with E-state index in [1.54, 1.807) is 12.3 Å². The standard InChI is InChI=1S/C20H25N3O3.2C2HF3O2/c1-15-18(5-10-25-15)20(24)23-8-4-17-13-22(9-11-26-19(17)14-23)12-16-2-6-21-7-3-16;2*3-2(4,5)1(6)7/h2-3,5-7,10,17,19H,4,8-9,11-14H2,1H3;2*(H,6,7)/t17-,19-;;/m1../s1. The molecule has 2 aliphatic heterocycles. The molecule has 4 rings (SSSR count). The largest absolute Gasteiger partial charge is 0.490 e. The average molecular weight is 583 g/mol. The Morgan fingerprint density at radius 3 is 2.05 bits per heavy atom. The number of hydrogen-bond acceptors (Lipinski definition) is 7. The summed E-state index contributed by atoms with van der Waals surface area (Å²) in [5.41, 5.74) is 1.94. The molecule has 0 bridgehead atoms. The van der Waals surface area contributed by atoms with Crippen LogP contribution < -0.4 is 0 Å². The number of carbonyl (C=O) groups excluding carboxylic acids is 1. The van der Waals surface area contributed by atoms with Crippen molar-refractivity contribution in [1.29, 1.82) is 0 Å². The highest BCUT2D eigenvalue weighted by Gasteiger charge is 2.39. The molecule has 2 aromatic heterocycles. The van der Waals surface area contributed by atoms with Crippen molar-refractivity contribution >= 4 is 17.8 Å². The van der Waals surface area contributed by atoms with Crippen LogP contribution in [0.5, 0.6) is 0 Å². The molecule has 0 radical (unpaired) electrons. The Hall–Kier alpha value is -3.66. The molecule has 0 unspecified atom stereocenters. The number of aromatic nitrogens is 1. The van der Waals surface area contributed by atoms with Crippen LogP contribution in [0.1, 0.15) is 28.1 Å². The molecule has 16 heteroatoms. The first-order valence-electron chi connectivity index (χ1n) is 11.8. The number of rotatable bonds is 3. The van der Waals surface area contributed by atoms with Crippen molar-refractivity contribution < 1.29 is 60.1 Å². The van der Waals surface area contributed by atoms with E-state index < -0.39 is 24.3 Å². The van der Waals surface area contributed by atoms with Crippen molar-refractivity contribution in [2.75, 3.05) is 32.8 Å². The summed E-state index contributed by atoms with van der Waals surface area (Å²) >= 11 is 0. The zero-order valence-corrected chi connectivity index (χ0v) is 21.1. The quantitative estimate of drug-likeness (QED) is 0.520. The number of fused-ring (bicyclic) bond motifs is 1. The average Bonchev–Trinajstić information content (AvgIpc) is 3.19. The molecule has 1 amide bonds. The van der Waals surface area contributed by atoms with Crippen molar-refractivity contribution in [2.24, 2.45) is 5.92 Å². The highest BCUT2D eigenvalue weighted by Crippen LogP contribution is 2.26. The van der Waals surface area contributed by atoms with Gasteiger partial charge in [0.25, 0.3) is 5.91 Å². The normalized spacial score (nSPS) is 19.6. The second-order valence-corrected chi connectivity index (χ2v) is 8.80. The number of hydrogen-bond donors (Lipinski definition) is 2. The van der Waals surface area contributed by atoms with Crippen LogP contribution in [-0.2, 0) is 20.9 Å². The highest BCUT2D eigenvalue weighted by molar-refractivity contribution is 5.95. The Bertz CT molecular complexity index is 1100. The number of furan rings is 1. The van der Waals surface area contributed by atoms with E-state index >= 15 is 0 Å². The van der Waals surface area contributed by atoms with Crippen LogP contribution in [0.4, 0.5) is 26.3 Å². The maximum atomic E-state index is 12.7. The third-order valence-electron chi connectivity index (χ3n) is 5.95. The van der Waals surface area contributed by atoms with Gasteiger partial charge in [0.2, 0.25) is 0 Å². The van der Waals surface area contributed by atoms with Crippen LogP contribution in [0.2, 0.25) is 0 Å². The van der Waals surface area contributed by atoms with Crippen molar-refractivity contribution in [3.05, 3.63) is 53.7 Å². The van der Waals surface area contributed by atoms with E-state index in [1.165, 1.54) is 5.56 Å². The Kier molecular flexibility index (Phi) is 11.5. The summed E-state index contributed by atoms with van der Waals surface area (Å²) in [6.45, 7) is 6.84.